The largest absolute Gasteiger partial charge is 0.391 e. The van der Waals surface area contributed by atoms with Gasteiger partial charge in [0, 0.05) is 30.8 Å². The van der Waals surface area contributed by atoms with E-state index in [2.05, 4.69) is 11.0 Å². The number of carbonyl (C=O) groups excluding carboxylic acids is 1. The Bertz CT molecular complexity index is 442. The predicted octanol–water partition coefficient (Wildman–Crippen LogP) is 1.39. The van der Waals surface area contributed by atoms with Crippen molar-refractivity contribution >= 4 is 11.5 Å². The van der Waals surface area contributed by atoms with Crippen molar-refractivity contribution in [2.24, 2.45) is 0 Å². The number of nitrogens with zero attached hydrogens (tertiary/aromatic N) is 1. The Morgan fingerprint density at radius 3 is 2.94 bits per heavy atom. The highest BCUT2D eigenvalue weighted by molar-refractivity contribution is 6.00. The van der Waals surface area contributed by atoms with Gasteiger partial charge >= 0.3 is 0 Å². The van der Waals surface area contributed by atoms with Crippen LogP contribution in [-0.4, -0.2) is 30.1 Å². The fourth-order valence-electron chi connectivity index (χ4n) is 2.61. The van der Waals surface area contributed by atoms with Crippen LogP contribution in [0, 0.1) is 0 Å². The highest BCUT2D eigenvalue weighted by atomic mass is 16.3. The molecule has 1 fully saturated rings. The Kier molecular flexibility index (Phi) is 2.21. The van der Waals surface area contributed by atoms with Crippen LogP contribution in [0.25, 0.3) is 0 Å². The smallest absolute Gasteiger partial charge is 0.163 e. The second-order valence-corrected chi connectivity index (χ2v) is 4.65. The quantitative estimate of drug-likeness (QED) is 0.772. The van der Waals surface area contributed by atoms with Gasteiger partial charge in [-0.25, -0.2) is 0 Å². The Morgan fingerprint density at radius 2 is 2.19 bits per heavy atom. The van der Waals surface area contributed by atoms with Crippen molar-refractivity contribution in [3.8, 4) is 0 Å². The van der Waals surface area contributed by atoms with Crippen LogP contribution < -0.4 is 4.90 Å². The van der Waals surface area contributed by atoms with Gasteiger partial charge in [0.15, 0.2) is 5.78 Å². The number of aliphatic hydroxyl groups excluding tert-OH is 1. The Balaban J connectivity index is 1.90. The second-order valence-electron chi connectivity index (χ2n) is 4.65. The lowest BCUT2D eigenvalue weighted by Crippen LogP contribution is -2.21. The van der Waals surface area contributed by atoms with Crippen LogP contribution in [0.1, 0.15) is 28.8 Å². The first-order chi connectivity index (χ1) is 7.74. The molecule has 0 saturated carbocycles. The summed E-state index contributed by atoms with van der Waals surface area (Å²) in [7, 11) is 0. The summed E-state index contributed by atoms with van der Waals surface area (Å²) in [6.45, 7) is 1.63. The number of benzene rings is 1. The normalized spacial score (nSPS) is 23.9. The number of anilines is 1. The molecule has 16 heavy (non-hydrogen) atoms. The van der Waals surface area contributed by atoms with E-state index in [1.165, 1.54) is 5.56 Å². The van der Waals surface area contributed by atoms with Gasteiger partial charge in [-0.3, -0.25) is 4.79 Å². The van der Waals surface area contributed by atoms with Crippen LogP contribution >= 0.6 is 0 Å². The van der Waals surface area contributed by atoms with Gasteiger partial charge in [0.25, 0.3) is 0 Å². The van der Waals surface area contributed by atoms with E-state index < -0.39 is 0 Å². The number of β-amino-alcohol motifs (C(OH)–C–C–N with tert-alkyl or cyclic N) is 1. The SMILES string of the molecule is O=C1CCc2cc(N3CCC(O)C3)ccc21. The van der Waals surface area contributed by atoms with Crippen LogP contribution in [0.15, 0.2) is 18.2 Å². The van der Waals surface area contributed by atoms with E-state index in [1.54, 1.807) is 0 Å². The maximum absolute atomic E-state index is 11.5. The maximum Gasteiger partial charge on any atom is 0.163 e. The summed E-state index contributed by atoms with van der Waals surface area (Å²) in [5.41, 5.74) is 3.21. The van der Waals surface area contributed by atoms with E-state index >= 15 is 0 Å². The fraction of sp³-hybridized carbons (Fsp3) is 0.462. The molecule has 3 nitrogen and oxygen atoms in total. The van der Waals surface area contributed by atoms with Gasteiger partial charge in [0.2, 0.25) is 0 Å². The van der Waals surface area contributed by atoms with Crippen molar-refractivity contribution in [1.29, 1.82) is 0 Å². The number of Topliss-reactive ketones (excluding diaryl/α,β-unsaturated/α-hetero) is 1. The third-order valence-corrected chi connectivity index (χ3v) is 3.54. The lowest BCUT2D eigenvalue weighted by Gasteiger charge is -2.18. The first-order valence-corrected chi connectivity index (χ1v) is 5.83. The molecule has 0 radical (unpaired) electrons. The molecule has 3 heteroatoms. The molecule has 1 N–H and O–H groups in total. The molecule has 0 amide bonds. The summed E-state index contributed by atoms with van der Waals surface area (Å²) in [6, 6.07) is 6.04. The van der Waals surface area contributed by atoms with E-state index in [-0.39, 0.29) is 11.9 Å². The zero-order chi connectivity index (χ0) is 11.1. The second kappa shape index (κ2) is 3.59. The zero-order valence-corrected chi connectivity index (χ0v) is 9.15. The van der Waals surface area contributed by atoms with E-state index in [0.29, 0.717) is 13.0 Å². The molecule has 1 aliphatic heterocycles. The van der Waals surface area contributed by atoms with Gasteiger partial charge in [-0.1, -0.05) is 0 Å². The summed E-state index contributed by atoms with van der Waals surface area (Å²) < 4.78 is 0. The van der Waals surface area contributed by atoms with Crippen molar-refractivity contribution < 1.29 is 9.90 Å². The van der Waals surface area contributed by atoms with E-state index in [1.807, 2.05) is 12.1 Å². The number of aryl methyl sites for hydroxylation is 1. The van der Waals surface area contributed by atoms with Gasteiger partial charge in [-0.2, -0.15) is 0 Å². The highest BCUT2D eigenvalue weighted by Gasteiger charge is 2.23. The molecular weight excluding hydrogens is 202 g/mol. The lowest BCUT2D eigenvalue weighted by molar-refractivity contribution is 0.0994. The minimum absolute atomic E-state index is 0.199. The number of fused-ring (bicyclic) bond motifs is 1. The number of hydrogen-bond acceptors (Lipinski definition) is 3. The summed E-state index contributed by atoms with van der Waals surface area (Å²) in [5.74, 6) is 0.267. The molecule has 84 valence electrons. The molecule has 1 atom stereocenters. The Labute approximate surface area is 94.7 Å². The third-order valence-electron chi connectivity index (χ3n) is 3.54. The van der Waals surface area contributed by atoms with Crippen LogP contribution in [0.2, 0.25) is 0 Å². The van der Waals surface area contributed by atoms with Crippen molar-refractivity contribution in [3.63, 3.8) is 0 Å². The predicted molar refractivity (Wildman–Crippen MR) is 61.9 cm³/mol. The molecule has 1 saturated heterocycles. The first-order valence-electron chi connectivity index (χ1n) is 5.83. The average Bonchev–Trinajstić information content (AvgIpc) is 2.86. The van der Waals surface area contributed by atoms with Crippen LogP contribution in [0.3, 0.4) is 0 Å². The minimum Gasteiger partial charge on any atom is -0.391 e. The molecule has 1 aromatic rings. The van der Waals surface area contributed by atoms with Crippen molar-refractivity contribution in [2.75, 3.05) is 18.0 Å². The van der Waals surface area contributed by atoms with Gasteiger partial charge in [-0.05, 0) is 36.6 Å². The number of ketones is 1. The molecular formula is C13H15NO2. The van der Waals surface area contributed by atoms with Gasteiger partial charge < -0.3 is 10.0 Å². The van der Waals surface area contributed by atoms with Crippen molar-refractivity contribution in [1.82, 2.24) is 0 Å². The van der Waals surface area contributed by atoms with E-state index in [0.717, 1.165) is 30.6 Å². The molecule has 0 spiro atoms. The van der Waals surface area contributed by atoms with Crippen LogP contribution in [0.4, 0.5) is 5.69 Å². The third kappa shape index (κ3) is 1.52. The molecule has 0 aromatic heterocycles. The Morgan fingerprint density at radius 1 is 1.31 bits per heavy atom. The fourth-order valence-corrected chi connectivity index (χ4v) is 2.61. The van der Waals surface area contributed by atoms with Gasteiger partial charge in [0.05, 0.1) is 6.10 Å². The Hall–Kier alpha value is -1.35. The van der Waals surface area contributed by atoms with Crippen molar-refractivity contribution in [3.05, 3.63) is 29.3 Å². The molecule has 3 rings (SSSR count). The lowest BCUT2D eigenvalue weighted by atomic mass is 10.1. The average molecular weight is 217 g/mol. The van der Waals surface area contributed by atoms with Crippen molar-refractivity contribution in [2.45, 2.75) is 25.4 Å². The monoisotopic (exact) mass is 217 g/mol. The number of carbonyl (C=O) groups is 1. The highest BCUT2D eigenvalue weighted by Crippen LogP contribution is 2.28. The first kappa shape index (κ1) is 9.85. The number of hydrogen-bond donors (Lipinski definition) is 1. The zero-order valence-electron chi connectivity index (χ0n) is 9.15. The topological polar surface area (TPSA) is 40.5 Å². The minimum atomic E-state index is -0.199. The summed E-state index contributed by atoms with van der Waals surface area (Å²) in [4.78, 5) is 13.7. The summed E-state index contributed by atoms with van der Waals surface area (Å²) >= 11 is 0. The molecule has 2 aliphatic rings. The van der Waals surface area contributed by atoms with E-state index in [9.17, 15) is 9.90 Å². The number of rotatable bonds is 1. The van der Waals surface area contributed by atoms with Gasteiger partial charge in [0.1, 0.15) is 0 Å². The van der Waals surface area contributed by atoms with Crippen LogP contribution in [0.5, 0.6) is 0 Å². The standard InChI is InChI=1S/C13H15NO2/c15-11-5-6-14(8-11)10-2-3-12-9(7-10)1-4-13(12)16/h2-3,7,11,15H,1,4-6,8H2. The van der Waals surface area contributed by atoms with E-state index in [4.69, 9.17) is 0 Å². The molecule has 1 aliphatic carbocycles. The summed E-state index contributed by atoms with van der Waals surface area (Å²) in [6.07, 6.45) is 2.17. The molecule has 1 unspecified atom stereocenters. The maximum atomic E-state index is 11.5. The van der Waals surface area contributed by atoms with Gasteiger partial charge in [-0.15, -0.1) is 0 Å². The molecule has 1 aromatic carbocycles. The number of aliphatic hydroxyl groups is 1. The van der Waals surface area contributed by atoms with Crippen LogP contribution in [-0.2, 0) is 6.42 Å². The molecule has 1 heterocycles. The molecule has 0 bridgehead atoms. The summed E-state index contributed by atoms with van der Waals surface area (Å²) in [5, 5.41) is 9.50.